The number of esters is 1. The maximum Gasteiger partial charge on any atom is 0.343 e. The molecule has 3 aromatic carbocycles. The Labute approximate surface area is 185 Å². The van der Waals surface area contributed by atoms with Crippen LogP contribution in [0.4, 0.5) is 5.69 Å². The number of benzene rings is 3. The quantitative estimate of drug-likeness (QED) is 0.181. The monoisotopic (exact) mass is 481 g/mol. The molecule has 0 aromatic heterocycles. The number of para-hydroxylation sites is 1. The van der Waals surface area contributed by atoms with Crippen LogP contribution in [-0.4, -0.2) is 23.0 Å². The molecule has 8 nitrogen and oxygen atoms in total. The normalized spacial score (nSPS) is 10.6. The van der Waals surface area contributed by atoms with E-state index in [1.54, 1.807) is 36.4 Å². The van der Waals surface area contributed by atoms with Crippen LogP contribution in [0.15, 0.2) is 76.3 Å². The first-order valence-corrected chi connectivity index (χ1v) is 9.79. The predicted molar refractivity (Wildman–Crippen MR) is 118 cm³/mol. The largest absolute Gasteiger partial charge is 0.415 e. The van der Waals surface area contributed by atoms with E-state index in [1.165, 1.54) is 36.5 Å². The Morgan fingerprint density at radius 3 is 2.32 bits per heavy atom. The standard InChI is InChI=1S/C22H16BrN3O5/c1-14-5-7-15(8-6-14)21(27)25-24-13-17-3-2-4-19(26(29)30)20(17)31-22(28)16-9-11-18(23)12-10-16/h2-13H,1H3,(H,25,27)/b24-13+. The van der Waals surface area contributed by atoms with Crippen LogP contribution < -0.4 is 10.2 Å². The van der Waals surface area contributed by atoms with Gasteiger partial charge in [0, 0.05) is 21.7 Å². The van der Waals surface area contributed by atoms with E-state index in [0.29, 0.717) is 5.56 Å². The number of carbonyl (C=O) groups is 2. The van der Waals surface area contributed by atoms with Gasteiger partial charge in [-0.05, 0) is 49.4 Å². The molecule has 0 spiro atoms. The number of aryl methyl sites for hydroxylation is 1. The highest BCUT2D eigenvalue weighted by atomic mass is 79.9. The molecule has 1 N–H and O–H groups in total. The highest BCUT2D eigenvalue weighted by Crippen LogP contribution is 2.30. The molecule has 0 heterocycles. The first kappa shape index (κ1) is 21.8. The minimum atomic E-state index is -0.764. The van der Waals surface area contributed by atoms with E-state index >= 15 is 0 Å². The number of nitro groups is 1. The fraction of sp³-hybridized carbons (Fsp3) is 0.0455. The number of carbonyl (C=O) groups excluding carboxylic acids is 2. The Kier molecular flexibility index (Phi) is 6.88. The van der Waals surface area contributed by atoms with Crippen molar-refractivity contribution in [3.05, 3.63) is 104 Å². The molecule has 3 aromatic rings. The first-order chi connectivity index (χ1) is 14.8. The van der Waals surface area contributed by atoms with Crippen molar-refractivity contribution in [1.82, 2.24) is 5.43 Å². The first-order valence-electron chi connectivity index (χ1n) is 9.00. The second-order valence-corrected chi connectivity index (χ2v) is 7.33. The molecule has 0 unspecified atom stereocenters. The third-order valence-corrected chi connectivity index (χ3v) is 4.71. The summed E-state index contributed by atoms with van der Waals surface area (Å²) in [6, 6.07) is 17.4. The van der Waals surface area contributed by atoms with Crippen molar-refractivity contribution in [2.45, 2.75) is 6.92 Å². The van der Waals surface area contributed by atoms with Crippen LogP contribution >= 0.6 is 15.9 Å². The van der Waals surface area contributed by atoms with Crippen molar-refractivity contribution in [3.63, 3.8) is 0 Å². The van der Waals surface area contributed by atoms with Gasteiger partial charge in [-0.2, -0.15) is 5.10 Å². The lowest BCUT2D eigenvalue weighted by atomic mass is 10.1. The van der Waals surface area contributed by atoms with Crippen LogP contribution in [0.25, 0.3) is 0 Å². The Bertz CT molecular complexity index is 1160. The molecule has 1 amide bonds. The van der Waals surface area contributed by atoms with Gasteiger partial charge < -0.3 is 4.74 Å². The van der Waals surface area contributed by atoms with Gasteiger partial charge in [0.2, 0.25) is 5.75 Å². The van der Waals surface area contributed by atoms with Gasteiger partial charge in [-0.3, -0.25) is 14.9 Å². The fourth-order valence-corrected chi connectivity index (χ4v) is 2.83. The average molecular weight is 482 g/mol. The predicted octanol–water partition coefficient (Wildman–Crippen LogP) is 4.65. The van der Waals surface area contributed by atoms with Crippen molar-refractivity contribution < 1.29 is 19.2 Å². The molecule has 0 aliphatic carbocycles. The van der Waals surface area contributed by atoms with E-state index in [2.05, 4.69) is 26.5 Å². The topological polar surface area (TPSA) is 111 Å². The minimum absolute atomic E-state index is 0.156. The van der Waals surface area contributed by atoms with E-state index in [1.807, 2.05) is 6.92 Å². The summed E-state index contributed by atoms with van der Waals surface area (Å²) in [5.74, 6) is -1.48. The van der Waals surface area contributed by atoms with Gasteiger partial charge in [0.05, 0.1) is 16.7 Å². The molecule has 31 heavy (non-hydrogen) atoms. The van der Waals surface area contributed by atoms with Gasteiger partial charge in [0.1, 0.15) is 0 Å². The van der Waals surface area contributed by atoms with Crippen LogP contribution in [0.3, 0.4) is 0 Å². The Morgan fingerprint density at radius 1 is 1.03 bits per heavy atom. The molecular formula is C22H16BrN3O5. The number of nitrogens with one attached hydrogen (secondary N) is 1. The second-order valence-electron chi connectivity index (χ2n) is 6.41. The lowest BCUT2D eigenvalue weighted by molar-refractivity contribution is -0.385. The maximum atomic E-state index is 12.5. The number of hydrazone groups is 1. The van der Waals surface area contributed by atoms with Crippen molar-refractivity contribution in [3.8, 4) is 5.75 Å². The zero-order valence-electron chi connectivity index (χ0n) is 16.2. The summed E-state index contributed by atoms with van der Waals surface area (Å²) in [5.41, 5.74) is 3.74. The van der Waals surface area contributed by atoms with Crippen LogP contribution in [0.2, 0.25) is 0 Å². The van der Waals surface area contributed by atoms with E-state index in [0.717, 1.165) is 10.0 Å². The molecule has 0 saturated heterocycles. The van der Waals surface area contributed by atoms with Crippen molar-refractivity contribution in [1.29, 1.82) is 0 Å². The lowest BCUT2D eigenvalue weighted by Gasteiger charge is -2.08. The summed E-state index contributed by atoms with van der Waals surface area (Å²) in [6.45, 7) is 1.90. The van der Waals surface area contributed by atoms with E-state index in [9.17, 15) is 19.7 Å². The smallest absolute Gasteiger partial charge is 0.343 e. The molecule has 0 radical (unpaired) electrons. The number of nitro benzene ring substituents is 1. The highest BCUT2D eigenvalue weighted by Gasteiger charge is 2.22. The lowest BCUT2D eigenvalue weighted by Crippen LogP contribution is -2.17. The fourth-order valence-electron chi connectivity index (χ4n) is 2.57. The third-order valence-electron chi connectivity index (χ3n) is 4.18. The Morgan fingerprint density at radius 2 is 1.68 bits per heavy atom. The van der Waals surface area contributed by atoms with Crippen molar-refractivity contribution in [2.24, 2.45) is 5.10 Å². The van der Waals surface area contributed by atoms with Crippen molar-refractivity contribution >= 4 is 39.7 Å². The molecule has 0 aliphatic rings. The number of halogens is 1. The zero-order chi connectivity index (χ0) is 22.4. The molecule has 0 atom stereocenters. The molecular weight excluding hydrogens is 466 g/mol. The summed E-state index contributed by atoms with van der Waals surface area (Å²) in [5, 5.41) is 15.3. The Balaban J connectivity index is 1.83. The van der Waals surface area contributed by atoms with E-state index < -0.39 is 22.5 Å². The average Bonchev–Trinajstić information content (AvgIpc) is 2.75. The van der Waals surface area contributed by atoms with Crippen LogP contribution in [0, 0.1) is 17.0 Å². The molecule has 0 fully saturated rings. The van der Waals surface area contributed by atoms with Crippen LogP contribution in [-0.2, 0) is 0 Å². The molecule has 9 heteroatoms. The molecule has 0 aliphatic heterocycles. The SMILES string of the molecule is Cc1ccc(C(=O)N/N=C/c2cccc([N+](=O)[O-])c2OC(=O)c2ccc(Br)cc2)cc1. The van der Waals surface area contributed by atoms with Crippen molar-refractivity contribution in [2.75, 3.05) is 0 Å². The van der Waals surface area contributed by atoms with Gasteiger partial charge in [0.15, 0.2) is 0 Å². The Hall–Kier alpha value is -3.85. The van der Waals surface area contributed by atoms with E-state index in [4.69, 9.17) is 4.74 Å². The number of ether oxygens (including phenoxy) is 1. The summed E-state index contributed by atoms with van der Waals surface area (Å²) in [4.78, 5) is 35.4. The van der Waals surface area contributed by atoms with Gasteiger partial charge in [-0.15, -0.1) is 0 Å². The molecule has 3 rings (SSSR count). The van der Waals surface area contributed by atoms with Gasteiger partial charge >= 0.3 is 11.7 Å². The number of amides is 1. The summed E-state index contributed by atoms with van der Waals surface area (Å²) >= 11 is 3.27. The van der Waals surface area contributed by atoms with Crippen LogP contribution in [0.5, 0.6) is 5.75 Å². The number of nitrogens with zero attached hydrogens (tertiary/aromatic N) is 2. The number of rotatable bonds is 6. The third kappa shape index (κ3) is 5.61. The van der Waals surface area contributed by atoms with Gasteiger partial charge in [-0.25, -0.2) is 10.2 Å². The molecule has 0 bridgehead atoms. The summed E-state index contributed by atoms with van der Waals surface area (Å²) < 4.78 is 6.09. The second kappa shape index (κ2) is 9.77. The number of hydrogen-bond acceptors (Lipinski definition) is 6. The van der Waals surface area contributed by atoms with Gasteiger partial charge in [-0.1, -0.05) is 39.7 Å². The zero-order valence-corrected chi connectivity index (χ0v) is 17.8. The molecule has 156 valence electrons. The van der Waals surface area contributed by atoms with Crippen LogP contribution in [0.1, 0.15) is 31.8 Å². The van der Waals surface area contributed by atoms with Gasteiger partial charge in [0.25, 0.3) is 5.91 Å². The van der Waals surface area contributed by atoms with E-state index in [-0.39, 0.29) is 16.9 Å². The minimum Gasteiger partial charge on any atom is -0.415 e. The maximum absolute atomic E-state index is 12.5. The number of hydrogen-bond donors (Lipinski definition) is 1. The highest BCUT2D eigenvalue weighted by molar-refractivity contribution is 9.10. The molecule has 0 saturated carbocycles. The summed E-state index contributed by atoms with van der Waals surface area (Å²) in [7, 11) is 0. The summed E-state index contributed by atoms with van der Waals surface area (Å²) in [6.07, 6.45) is 1.18.